The van der Waals surface area contributed by atoms with Gasteiger partial charge in [-0.25, -0.2) is 0 Å². The summed E-state index contributed by atoms with van der Waals surface area (Å²) in [7, 11) is 0. The molecule has 0 aromatic heterocycles. The standard InChI is InChI=1S/C15H21BrN2/c16-13-11-12(14-5-4-8-17-14)6-7-15(13)18-9-2-1-3-10-18/h6-7,11,14,17H,1-5,8-10H2. The third-order valence-electron chi connectivity index (χ3n) is 4.13. The maximum atomic E-state index is 3.76. The van der Waals surface area contributed by atoms with E-state index < -0.39 is 0 Å². The van der Waals surface area contributed by atoms with Gasteiger partial charge in [-0.3, -0.25) is 0 Å². The first-order valence-electron chi connectivity index (χ1n) is 7.12. The number of piperidine rings is 1. The molecule has 1 atom stereocenters. The Balaban J connectivity index is 1.79. The van der Waals surface area contributed by atoms with Gasteiger partial charge in [-0.1, -0.05) is 6.07 Å². The number of benzene rings is 1. The van der Waals surface area contributed by atoms with Gasteiger partial charge in [0, 0.05) is 23.6 Å². The van der Waals surface area contributed by atoms with Crippen LogP contribution in [0.15, 0.2) is 22.7 Å². The van der Waals surface area contributed by atoms with Crippen LogP contribution < -0.4 is 10.2 Å². The molecule has 0 amide bonds. The van der Waals surface area contributed by atoms with Gasteiger partial charge in [-0.05, 0) is 72.3 Å². The summed E-state index contributed by atoms with van der Waals surface area (Å²) in [6.45, 7) is 3.58. The van der Waals surface area contributed by atoms with Crippen LogP contribution in [0.4, 0.5) is 5.69 Å². The molecule has 98 valence electrons. The Morgan fingerprint density at radius 1 is 1.11 bits per heavy atom. The van der Waals surface area contributed by atoms with E-state index in [-0.39, 0.29) is 0 Å². The first kappa shape index (κ1) is 12.5. The molecule has 0 bridgehead atoms. The van der Waals surface area contributed by atoms with Gasteiger partial charge in [0.1, 0.15) is 0 Å². The maximum absolute atomic E-state index is 3.76. The largest absolute Gasteiger partial charge is 0.371 e. The zero-order valence-corrected chi connectivity index (χ0v) is 12.4. The van der Waals surface area contributed by atoms with Crippen molar-refractivity contribution in [2.24, 2.45) is 0 Å². The Labute approximate surface area is 118 Å². The first-order chi connectivity index (χ1) is 8.84. The summed E-state index contributed by atoms with van der Waals surface area (Å²) in [5.41, 5.74) is 2.80. The average molecular weight is 309 g/mol. The van der Waals surface area contributed by atoms with Crippen molar-refractivity contribution in [3.8, 4) is 0 Å². The van der Waals surface area contributed by atoms with Crippen molar-refractivity contribution < 1.29 is 0 Å². The highest BCUT2D eigenvalue weighted by atomic mass is 79.9. The Hall–Kier alpha value is -0.540. The fourth-order valence-electron chi connectivity index (χ4n) is 3.10. The SMILES string of the molecule is Brc1cc(C2CCCN2)ccc1N1CCCCC1. The van der Waals surface area contributed by atoms with Gasteiger partial charge in [0.25, 0.3) is 0 Å². The molecule has 2 aliphatic rings. The van der Waals surface area contributed by atoms with Gasteiger partial charge in [0.05, 0.1) is 5.69 Å². The molecule has 1 N–H and O–H groups in total. The third-order valence-corrected chi connectivity index (χ3v) is 4.77. The van der Waals surface area contributed by atoms with Crippen molar-refractivity contribution in [1.82, 2.24) is 5.32 Å². The fraction of sp³-hybridized carbons (Fsp3) is 0.600. The molecule has 3 heteroatoms. The molecule has 0 aliphatic carbocycles. The van der Waals surface area contributed by atoms with E-state index in [0.717, 1.165) is 6.54 Å². The van der Waals surface area contributed by atoms with E-state index in [1.165, 1.54) is 60.9 Å². The summed E-state index contributed by atoms with van der Waals surface area (Å²) in [4.78, 5) is 2.51. The summed E-state index contributed by atoms with van der Waals surface area (Å²) >= 11 is 3.76. The second-order valence-corrected chi connectivity index (χ2v) is 6.26. The molecule has 2 aliphatic heterocycles. The topological polar surface area (TPSA) is 15.3 Å². The summed E-state index contributed by atoms with van der Waals surface area (Å²) < 4.78 is 1.26. The minimum atomic E-state index is 0.566. The van der Waals surface area contributed by atoms with E-state index in [1.54, 1.807) is 0 Å². The number of nitrogens with zero attached hydrogens (tertiary/aromatic N) is 1. The molecule has 2 fully saturated rings. The molecule has 0 saturated carbocycles. The molecule has 0 spiro atoms. The molecule has 18 heavy (non-hydrogen) atoms. The Bertz CT molecular complexity index is 407. The summed E-state index contributed by atoms with van der Waals surface area (Å²) in [6.07, 6.45) is 6.63. The molecule has 2 nitrogen and oxygen atoms in total. The number of halogens is 1. The molecular weight excluding hydrogens is 288 g/mol. The smallest absolute Gasteiger partial charge is 0.0510 e. The van der Waals surface area contributed by atoms with Crippen molar-refractivity contribution >= 4 is 21.6 Å². The highest BCUT2D eigenvalue weighted by Crippen LogP contribution is 2.33. The predicted molar refractivity (Wildman–Crippen MR) is 80.2 cm³/mol. The maximum Gasteiger partial charge on any atom is 0.0510 e. The molecule has 2 heterocycles. The van der Waals surface area contributed by atoms with Gasteiger partial charge in [-0.15, -0.1) is 0 Å². The third kappa shape index (κ3) is 2.57. The van der Waals surface area contributed by atoms with Crippen LogP contribution in [0.25, 0.3) is 0 Å². The molecular formula is C15H21BrN2. The zero-order valence-electron chi connectivity index (χ0n) is 10.8. The molecule has 0 radical (unpaired) electrons. The van der Waals surface area contributed by atoms with Crippen molar-refractivity contribution in [2.75, 3.05) is 24.5 Å². The van der Waals surface area contributed by atoms with Crippen LogP contribution in [0.3, 0.4) is 0 Å². The lowest BCUT2D eigenvalue weighted by Gasteiger charge is -2.30. The van der Waals surface area contributed by atoms with Crippen LogP contribution in [0.2, 0.25) is 0 Å². The van der Waals surface area contributed by atoms with E-state index in [1.807, 2.05) is 0 Å². The van der Waals surface area contributed by atoms with Crippen molar-refractivity contribution in [3.63, 3.8) is 0 Å². The predicted octanol–water partition coefficient (Wildman–Crippen LogP) is 3.86. The van der Waals surface area contributed by atoms with E-state index in [4.69, 9.17) is 0 Å². The average Bonchev–Trinajstić information content (AvgIpc) is 2.93. The number of rotatable bonds is 2. The van der Waals surface area contributed by atoms with E-state index in [0.29, 0.717) is 6.04 Å². The summed E-state index contributed by atoms with van der Waals surface area (Å²) in [5, 5.41) is 3.56. The number of hydrogen-bond donors (Lipinski definition) is 1. The van der Waals surface area contributed by atoms with Crippen LogP contribution in [-0.4, -0.2) is 19.6 Å². The summed E-state index contributed by atoms with van der Waals surface area (Å²) in [6, 6.07) is 7.48. The Kier molecular flexibility index (Phi) is 3.90. The normalized spacial score (nSPS) is 24.5. The quantitative estimate of drug-likeness (QED) is 0.892. The van der Waals surface area contributed by atoms with Crippen LogP contribution in [-0.2, 0) is 0 Å². The Morgan fingerprint density at radius 3 is 2.61 bits per heavy atom. The number of hydrogen-bond acceptors (Lipinski definition) is 2. The fourth-order valence-corrected chi connectivity index (χ4v) is 3.75. The van der Waals surface area contributed by atoms with Gasteiger partial charge in [-0.2, -0.15) is 0 Å². The second kappa shape index (κ2) is 5.62. The van der Waals surface area contributed by atoms with Gasteiger partial charge >= 0.3 is 0 Å². The monoisotopic (exact) mass is 308 g/mol. The lowest BCUT2D eigenvalue weighted by atomic mass is 10.0. The van der Waals surface area contributed by atoms with Crippen LogP contribution >= 0.6 is 15.9 Å². The van der Waals surface area contributed by atoms with E-state index >= 15 is 0 Å². The highest BCUT2D eigenvalue weighted by Gasteiger charge is 2.18. The number of nitrogens with one attached hydrogen (secondary N) is 1. The van der Waals surface area contributed by atoms with Crippen molar-refractivity contribution in [1.29, 1.82) is 0 Å². The lowest BCUT2D eigenvalue weighted by Crippen LogP contribution is -2.29. The van der Waals surface area contributed by atoms with Crippen LogP contribution in [0.1, 0.15) is 43.7 Å². The first-order valence-corrected chi connectivity index (χ1v) is 7.92. The van der Waals surface area contributed by atoms with Crippen molar-refractivity contribution in [2.45, 2.75) is 38.1 Å². The molecule has 1 aromatic carbocycles. The molecule has 1 unspecified atom stereocenters. The highest BCUT2D eigenvalue weighted by molar-refractivity contribution is 9.10. The zero-order chi connectivity index (χ0) is 12.4. The minimum absolute atomic E-state index is 0.566. The second-order valence-electron chi connectivity index (χ2n) is 5.41. The minimum Gasteiger partial charge on any atom is -0.371 e. The van der Waals surface area contributed by atoms with Crippen LogP contribution in [0, 0.1) is 0 Å². The molecule has 2 saturated heterocycles. The summed E-state index contributed by atoms with van der Waals surface area (Å²) in [5.74, 6) is 0. The molecule has 3 rings (SSSR count). The molecule has 1 aromatic rings. The van der Waals surface area contributed by atoms with Gasteiger partial charge < -0.3 is 10.2 Å². The van der Waals surface area contributed by atoms with E-state index in [9.17, 15) is 0 Å². The van der Waals surface area contributed by atoms with Crippen LogP contribution in [0.5, 0.6) is 0 Å². The van der Waals surface area contributed by atoms with Gasteiger partial charge in [0.2, 0.25) is 0 Å². The van der Waals surface area contributed by atoms with Crippen molar-refractivity contribution in [3.05, 3.63) is 28.2 Å². The lowest BCUT2D eigenvalue weighted by molar-refractivity contribution is 0.577. The Morgan fingerprint density at radius 2 is 1.94 bits per heavy atom. The van der Waals surface area contributed by atoms with Gasteiger partial charge in [0.15, 0.2) is 0 Å². The van der Waals surface area contributed by atoms with E-state index in [2.05, 4.69) is 44.3 Å². The number of anilines is 1.